The Balaban J connectivity index is 2.29. The van der Waals surface area contributed by atoms with Crippen molar-refractivity contribution in [2.24, 2.45) is 10.7 Å². The lowest BCUT2D eigenvalue weighted by Gasteiger charge is -2.13. The largest absolute Gasteiger partial charge is 0.494 e. The molecule has 112 valence electrons. The second-order valence-corrected chi connectivity index (χ2v) is 6.34. The van der Waals surface area contributed by atoms with Crippen molar-refractivity contribution in [3.63, 3.8) is 0 Å². The minimum absolute atomic E-state index is 0.132. The van der Waals surface area contributed by atoms with Crippen molar-refractivity contribution < 1.29 is 9.47 Å². The highest BCUT2D eigenvalue weighted by molar-refractivity contribution is 8.13. The maximum Gasteiger partial charge on any atom is 0.154 e. The zero-order chi connectivity index (χ0) is 15.0. The van der Waals surface area contributed by atoms with E-state index in [4.69, 9.17) is 15.2 Å². The van der Waals surface area contributed by atoms with E-state index in [1.165, 1.54) is 11.8 Å². The molecule has 5 heteroatoms. The quantitative estimate of drug-likeness (QED) is 0.497. The standard InChI is InChI=1S/C15H24N2O2S/c1-5-18-12-6-8-13(9-7-12)19-10-11-20-14(16)17-15(2,3)4/h6-9H,5,10-11H2,1-4H3,(H2,16,17). The summed E-state index contributed by atoms with van der Waals surface area (Å²) >= 11 is 1.51. The first kappa shape index (κ1) is 16.7. The summed E-state index contributed by atoms with van der Waals surface area (Å²) in [5, 5.41) is 0.604. The summed E-state index contributed by atoms with van der Waals surface area (Å²) in [7, 11) is 0. The van der Waals surface area contributed by atoms with E-state index < -0.39 is 0 Å². The molecule has 0 unspecified atom stereocenters. The van der Waals surface area contributed by atoms with Crippen LogP contribution in [-0.2, 0) is 0 Å². The molecule has 0 aliphatic carbocycles. The maximum atomic E-state index is 5.83. The van der Waals surface area contributed by atoms with E-state index in [1.807, 2.05) is 52.0 Å². The summed E-state index contributed by atoms with van der Waals surface area (Å²) in [6.45, 7) is 9.30. The average molecular weight is 296 g/mol. The van der Waals surface area contributed by atoms with Crippen LogP contribution in [-0.4, -0.2) is 29.7 Å². The number of aliphatic imine (C=N–C) groups is 1. The predicted molar refractivity (Wildman–Crippen MR) is 86.9 cm³/mol. The van der Waals surface area contributed by atoms with Crippen molar-refractivity contribution in [3.05, 3.63) is 24.3 Å². The molecule has 0 spiro atoms. The molecule has 0 bridgehead atoms. The molecule has 1 aromatic carbocycles. The van der Waals surface area contributed by atoms with Crippen LogP contribution in [0.25, 0.3) is 0 Å². The molecule has 0 saturated heterocycles. The molecule has 1 rings (SSSR count). The summed E-state index contributed by atoms with van der Waals surface area (Å²) in [5.41, 5.74) is 5.70. The third-order valence-electron chi connectivity index (χ3n) is 2.18. The van der Waals surface area contributed by atoms with Gasteiger partial charge in [0.2, 0.25) is 0 Å². The highest BCUT2D eigenvalue weighted by Gasteiger charge is 2.08. The zero-order valence-electron chi connectivity index (χ0n) is 12.7. The molecule has 2 N–H and O–H groups in total. The summed E-state index contributed by atoms with van der Waals surface area (Å²) in [4.78, 5) is 4.37. The molecule has 0 radical (unpaired) electrons. The van der Waals surface area contributed by atoms with Gasteiger partial charge in [0.05, 0.1) is 18.8 Å². The molecular weight excluding hydrogens is 272 g/mol. The lowest BCUT2D eigenvalue weighted by Crippen LogP contribution is -2.18. The number of hydrogen-bond acceptors (Lipinski definition) is 4. The Labute approximate surface area is 125 Å². The van der Waals surface area contributed by atoms with Crippen molar-refractivity contribution in [1.29, 1.82) is 0 Å². The van der Waals surface area contributed by atoms with Crippen molar-refractivity contribution in [1.82, 2.24) is 0 Å². The molecule has 0 amide bonds. The van der Waals surface area contributed by atoms with Gasteiger partial charge < -0.3 is 15.2 Å². The molecule has 0 aliphatic heterocycles. The highest BCUT2D eigenvalue weighted by Crippen LogP contribution is 2.18. The number of benzene rings is 1. The molecule has 0 fully saturated rings. The normalized spacial score (nSPS) is 12.3. The second kappa shape index (κ2) is 8.04. The van der Waals surface area contributed by atoms with E-state index in [0.717, 1.165) is 17.3 Å². The molecule has 0 atom stereocenters. The molecule has 20 heavy (non-hydrogen) atoms. The Hall–Kier alpha value is -1.36. The van der Waals surface area contributed by atoms with E-state index in [1.54, 1.807) is 0 Å². The molecule has 0 saturated carbocycles. The van der Waals surface area contributed by atoms with E-state index in [9.17, 15) is 0 Å². The maximum absolute atomic E-state index is 5.83. The minimum Gasteiger partial charge on any atom is -0.494 e. The first-order valence-corrected chi connectivity index (χ1v) is 7.73. The topological polar surface area (TPSA) is 56.8 Å². The Bertz CT molecular complexity index is 424. The molecule has 0 aromatic heterocycles. The van der Waals surface area contributed by atoms with Gasteiger partial charge in [-0.3, -0.25) is 4.99 Å². The highest BCUT2D eigenvalue weighted by atomic mass is 32.2. The second-order valence-electron chi connectivity index (χ2n) is 5.22. The number of hydrogen-bond donors (Lipinski definition) is 1. The molecule has 0 aliphatic rings. The van der Waals surface area contributed by atoms with Crippen LogP contribution in [0.4, 0.5) is 0 Å². The van der Waals surface area contributed by atoms with Crippen LogP contribution in [0.2, 0.25) is 0 Å². The smallest absolute Gasteiger partial charge is 0.154 e. The van der Waals surface area contributed by atoms with Gasteiger partial charge >= 0.3 is 0 Å². The zero-order valence-corrected chi connectivity index (χ0v) is 13.5. The number of thioether (sulfide) groups is 1. The average Bonchev–Trinajstić information content (AvgIpc) is 2.35. The van der Waals surface area contributed by atoms with Gasteiger partial charge in [-0.15, -0.1) is 0 Å². The Morgan fingerprint density at radius 1 is 1.15 bits per heavy atom. The number of nitrogens with two attached hydrogens (primary N) is 1. The first-order chi connectivity index (χ1) is 9.40. The molecule has 0 heterocycles. The van der Waals surface area contributed by atoms with Crippen LogP contribution >= 0.6 is 11.8 Å². The number of amidine groups is 1. The summed E-state index contributed by atoms with van der Waals surface area (Å²) in [6, 6.07) is 7.62. The summed E-state index contributed by atoms with van der Waals surface area (Å²) in [6.07, 6.45) is 0. The van der Waals surface area contributed by atoms with Gasteiger partial charge in [-0.05, 0) is 52.0 Å². The molecule has 1 aromatic rings. The fraction of sp³-hybridized carbons (Fsp3) is 0.533. The van der Waals surface area contributed by atoms with Gasteiger partial charge in [-0.25, -0.2) is 0 Å². The first-order valence-electron chi connectivity index (χ1n) is 6.74. The minimum atomic E-state index is -0.132. The third kappa shape index (κ3) is 7.28. The van der Waals surface area contributed by atoms with Crippen molar-refractivity contribution in [2.75, 3.05) is 19.0 Å². The van der Waals surface area contributed by atoms with E-state index in [2.05, 4.69) is 4.99 Å². The fourth-order valence-corrected chi connectivity index (χ4v) is 2.18. The third-order valence-corrected chi connectivity index (χ3v) is 2.94. The lowest BCUT2D eigenvalue weighted by atomic mass is 10.1. The van der Waals surface area contributed by atoms with Crippen LogP contribution in [0.15, 0.2) is 29.3 Å². The van der Waals surface area contributed by atoms with Gasteiger partial charge in [0, 0.05) is 5.75 Å². The monoisotopic (exact) mass is 296 g/mol. The SMILES string of the molecule is CCOc1ccc(OCCSC(N)=NC(C)(C)C)cc1. The molecule has 4 nitrogen and oxygen atoms in total. The predicted octanol–water partition coefficient (Wildman–Crippen LogP) is 3.31. The van der Waals surface area contributed by atoms with Crippen LogP contribution in [0, 0.1) is 0 Å². The molecular formula is C15H24N2O2S. The van der Waals surface area contributed by atoms with Crippen molar-refractivity contribution >= 4 is 16.9 Å². The van der Waals surface area contributed by atoms with E-state index in [0.29, 0.717) is 18.4 Å². The van der Waals surface area contributed by atoms with Gasteiger partial charge in [0.1, 0.15) is 11.5 Å². The number of rotatable bonds is 6. The number of nitrogens with zero attached hydrogens (tertiary/aromatic N) is 1. The lowest BCUT2D eigenvalue weighted by molar-refractivity contribution is 0.332. The van der Waals surface area contributed by atoms with Crippen LogP contribution in [0.3, 0.4) is 0 Å². The van der Waals surface area contributed by atoms with Crippen molar-refractivity contribution in [3.8, 4) is 11.5 Å². The summed E-state index contributed by atoms with van der Waals surface area (Å²) < 4.78 is 11.0. The van der Waals surface area contributed by atoms with Crippen LogP contribution in [0.5, 0.6) is 11.5 Å². The Morgan fingerprint density at radius 2 is 1.70 bits per heavy atom. The van der Waals surface area contributed by atoms with Crippen molar-refractivity contribution in [2.45, 2.75) is 33.2 Å². The van der Waals surface area contributed by atoms with E-state index >= 15 is 0 Å². The van der Waals surface area contributed by atoms with Gasteiger partial charge in [0.25, 0.3) is 0 Å². The van der Waals surface area contributed by atoms with Gasteiger partial charge in [0.15, 0.2) is 5.17 Å². The number of ether oxygens (including phenoxy) is 2. The van der Waals surface area contributed by atoms with Gasteiger partial charge in [-0.1, -0.05) is 11.8 Å². The van der Waals surface area contributed by atoms with Crippen LogP contribution < -0.4 is 15.2 Å². The summed E-state index contributed by atoms with van der Waals surface area (Å²) in [5.74, 6) is 2.47. The Kier molecular flexibility index (Phi) is 6.71. The van der Waals surface area contributed by atoms with Gasteiger partial charge in [-0.2, -0.15) is 0 Å². The van der Waals surface area contributed by atoms with Crippen LogP contribution in [0.1, 0.15) is 27.7 Å². The fourth-order valence-electron chi connectivity index (χ4n) is 1.47. The van der Waals surface area contributed by atoms with E-state index in [-0.39, 0.29) is 5.54 Å². The Morgan fingerprint density at radius 3 is 2.20 bits per heavy atom.